The molecule has 82 heavy (non-hydrogen) atoms. The molecule has 0 saturated heterocycles. The molecule has 6 nitrogen and oxygen atoms in total. The molecule has 6 heteroatoms. The lowest BCUT2D eigenvalue weighted by atomic mass is 10.0. The van der Waals surface area contributed by atoms with Crippen LogP contribution in [0, 0.1) is 0 Å². The van der Waals surface area contributed by atoms with Gasteiger partial charge in [0.05, 0.1) is 0 Å². The van der Waals surface area contributed by atoms with Gasteiger partial charge in [-0.1, -0.05) is 297 Å². The fraction of sp³-hybridized carbons (Fsp3) is 0.724. The Kier molecular flexibility index (Phi) is 66.2. The average Bonchev–Trinajstić information content (AvgIpc) is 3.47. The van der Waals surface area contributed by atoms with E-state index in [1.54, 1.807) is 0 Å². The Bertz CT molecular complexity index is 1640. The van der Waals surface area contributed by atoms with Crippen LogP contribution in [0.5, 0.6) is 0 Å². The second-order valence-electron chi connectivity index (χ2n) is 23.1. The Hall–Kier alpha value is -3.93. The molecule has 0 spiro atoms. The number of carbonyl (C=O) groups is 3. The first kappa shape index (κ1) is 78.1. The third-order valence-electron chi connectivity index (χ3n) is 15.0. The van der Waals surface area contributed by atoms with Crippen molar-refractivity contribution in [1.82, 2.24) is 0 Å². The summed E-state index contributed by atoms with van der Waals surface area (Å²) in [6.45, 7) is 6.52. The molecule has 0 aliphatic carbocycles. The van der Waals surface area contributed by atoms with E-state index in [9.17, 15) is 14.4 Å². The van der Waals surface area contributed by atoms with E-state index in [4.69, 9.17) is 14.2 Å². The van der Waals surface area contributed by atoms with Crippen LogP contribution in [0.25, 0.3) is 0 Å². The molecule has 470 valence electrons. The maximum Gasteiger partial charge on any atom is 0.306 e. The maximum atomic E-state index is 13.0. The Labute approximate surface area is 508 Å². The number of hydrogen-bond donors (Lipinski definition) is 0. The molecule has 0 amide bonds. The first-order valence-electron chi connectivity index (χ1n) is 34.9. The summed E-state index contributed by atoms with van der Waals surface area (Å²) < 4.78 is 17.0. The molecule has 0 aromatic rings. The molecule has 0 aliphatic heterocycles. The van der Waals surface area contributed by atoms with Gasteiger partial charge in [0.2, 0.25) is 0 Å². The van der Waals surface area contributed by atoms with E-state index in [0.717, 1.165) is 122 Å². The van der Waals surface area contributed by atoms with Gasteiger partial charge in [0.15, 0.2) is 6.10 Å². The second-order valence-corrected chi connectivity index (χ2v) is 23.1. The highest BCUT2D eigenvalue weighted by molar-refractivity contribution is 5.71. The van der Waals surface area contributed by atoms with Crippen LogP contribution in [0.1, 0.15) is 335 Å². The van der Waals surface area contributed by atoms with Gasteiger partial charge in [-0.25, -0.2) is 0 Å². The molecule has 0 radical (unpaired) electrons. The van der Waals surface area contributed by atoms with Crippen LogP contribution >= 0.6 is 0 Å². The van der Waals surface area contributed by atoms with Gasteiger partial charge in [0, 0.05) is 19.3 Å². The largest absolute Gasteiger partial charge is 0.462 e. The molecule has 0 heterocycles. The number of esters is 3. The minimum absolute atomic E-state index is 0.0867. The minimum Gasteiger partial charge on any atom is -0.462 e. The summed E-state index contributed by atoms with van der Waals surface area (Å²) in [6, 6.07) is 0. The summed E-state index contributed by atoms with van der Waals surface area (Å²) in [4.78, 5) is 38.4. The third-order valence-corrected chi connectivity index (χ3v) is 15.0. The number of allylic oxidation sites excluding steroid dienone is 18. The molecule has 0 aromatic carbocycles. The number of unbranched alkanes of at least 4 members (excludes halogenated alkanes) is 34. The molecule has 0 rings (SSSR count). The fourth-order valence-electron chi connectivity index (χ4n) is 9.77. The third kappa shape index (κ3) is 66.9. The Morgan fingerprint density at radius 3 is 0.756 bits per heavy atom. The van der Waals surface area contributed by atoms with E-state index in [2.05, 4.69) is 130 Å². The topological polar surface area (TPSA) is 78.9 Å². The summed E-state index contributed by atoms with van der Waals surface area (Å²) in [5, 5.41) is 0. The van der Waals surface area contributed by atoms with Crippen LogP contribution in [0.2, 0.25) is 0 Å². The molecule has 0 N–H and O–H groups in total. The number of carbonyl (C=O) groups excluding carboxylic acids is 3. The Morgan fingerprint density at radius 1 is 0.256 bits per heavy atom. The molecular formula is C76H130O6. The van der Waals surface area contributed by atoms with Crippen molar-refractivity contribution < 1.29 is 28.6 Å². The van der Waals surface area contributed by atoms with Crippen molar-refractivity contribution in [1.29, 1.82) is 0 Å². The molecule has 1 unspecified atom stereocenters. The molecule has 1 atom stereocenters. The summed E-state index contributed by atoms with van der Waals surface area (Å²) in [6.07, 6.45) is 95.3. The molecule has 0 saturated carbocycles. The molecule has 0 fully saturated rings. The van der Waals surface area contributed by atoms with Crippen molar-refractivity contribution in [3.8, 4) is 0 Å². The lowest BCUT2D eigenvalue weighted by Crippen LogP contribution is -2.30. The van der Waals surface area contributed by atoms with Crippen LogP contribution in [0.4, 0.5) is 0 Å². The zero-order valence-corrected chi connectivity index (χ0v) is 54.0. The lowest BCUT2D eigenvalue weighted by molar-refractivity contribution is -0.167. The molecular weight excluding hydrogens is 1010 g/mol. The van der Waals surface area contributed by atoms with Crippen LogP contribution in [0.3, 0.4) is 0 Å². The van der Waals surface area contributed by atoms with Crippen LogP contribution < -0.4 is 0 Å². The van der Waals surface area contributed by atoms with Crippen molar-refractivity contribution in [3.63, 3.8) is 0 Å². The second kappa shape index (κ2) is 69.6. The van der Waals surface area contributed by atoms with Crippen molar-refractivity contribution in [2.75, 3.05) is 13.2 Å². The summed E-state index contributed by atoms with van der Waals surface area (Å²) in [7, 11) is 0. The molecule has 0 aromatic heterocycles. The van der Waals surface area contributed by atoms with E-state index in [1.165, 1.54) is 173 Å². The van der Waals surface area contributed by atoms with E-state index in [1.807, 2.05) is 0 Å². The van der Waals surface area contributed by atoms with Crippen LogP contribution in [0.15, 0.2) is 109 Å². The highest BCUT2D eigenvalue weighted by Crippen LogP contribution is 2.16. The van der Waals surface area contributed by atoms with Crippen LogP contribution in [-0.2, 0) is 28.6 Å². The van der Waals surface area contributed by atoms with E-state index in [0.29, 0.717) is 19.3 Å². The number of ether oxygens (including phenoxy) is 3. The predicted molar refractivity (Wildman–Crippen MR) is 357 cm³/mol. The Morgan fingerprint density at radius 2 is 0.476 bits per heavy atom. The fourth-order valence-corrected chi connectivity index (χ4v) is 9.77. The Balaban J connectivity index is 4.36. The summed E-state index contributed by atoms with van der Waals surface area (Å²) in [5.41, 5.74) is 0. The van der Waals surface area contributed by atoms with Gasteiger partial charge in [0.25, 0.3) is 0 Å². The van der Waals surface area contributed by atoms with Crippen LogP contribution in [-0.4, -0.2) is 37.2 Å². The molecule has 0 bridgehead atoms. The summed E-state index contributed by atoms with van der Waals surface area (Å²) in [5.74, 6) is -0.898. The number of rotatable bonds is 63. The van der Waals surface area contributed by atoms with Crippen molar-refractivity contribution in [3.05, 3.63) is 109 Å². The van der Waals surface area contributed by atoms with Gasteiger partial charge in [-0.3, -0.25) is 14.4 Å². The smallest absolute Gasteiger partial charge is 0.306 e. The van der Waals surface area contributed by atoms with Gasteiger partial charge < -0.3 is 14.2 Å². The van der Waals surface area contributed by atoms with Crippen molar-refractivity contribution >= 4 is 17.9 Å². The van der Waals surface area contributed by atoms with Crippen molar-refractivity contribution in [2.45, 2.75) is 341 Å². The SMILES string of the molecule is CC/C=C\C/C=C\C/C=C\C/C=C\C/C=C\C/C=C\CCCCCCCCC(=O)OCC(COC(=O)CCCCCCC/C=C\CCCCCCC)OC(=O)CCCCCCCCCCCCCCC/C=C\C/C=C\CCCCCCC. The standard InChI is InChI=1S/C76H130O6/c1-4-7-10-13-16-19-22-25-28-30-32-34-36-38-40-42-44-46-48-51-54-57-60-63-66-69-75(78)81-72-73(71-80-74(77)68-65-62-59-56-53-50-27-24-21-18-15-12-9-6-3)82-76(79)70-67-64-61-58-55-52-49-47-45-43-41-39-37-35-33-31-29-26-23-20-17-14-11-8-5-2/h7,10,16,19,23-28,31-34,38,40,44,46,73H,4-6,8-9,11-15,17-18,20-22,29-30,35-37,39,41-43,45,47-72H2,1-3H3/b10-7-,19-16-,26-23-,27-24-,28-25-,33-31-,34-32-,40-38-,46-44-. The molecule has 0 aliphatic rings. The highest BCUT2D eigenvalue weighted by Gasteiger charge is 2.19. The van der Waals surface area contributed by atoms with E-state index < -0.39 is 6.10 Å². The quantitative estimate of drug-likeness (QED) is 0.0261. The zero-order valence-electron chi connectivity index (χ0n) is 54.0. The average molecular weight is 1140 g/mol. The first-order chi connectivity index (χ1) is 40.5. The number of hydrogen-bond acceptors (Lipinski definition) is 6. The summed E-state index contributed by atoms with van der Waals surface area (Å²) >= 11 is 0. The normalized spacial score (nSPS) is 12.8. The van der Waals surface area contributed by atoms with Gasteiger partial charge in [-0.2, -0.15) is 0 Å². The lowest BCUT2D eigenvalue weighted by Gasteiger charge is -2.18. The maximum absolute atomic E-state index is 13.0. The van der Waals surface area contributed by atoms with E-state index in [-0.39, 0.29) is 31.1 Å². The predicted octanol–water partition coefficient (Wildman–Crippen LogP) is 24.2. The van der Waals surface area contributed by atoms with E-state index >= 15 is 0 Å². The monoisotopic (exact) mass is 1140 g/mol. The van der Waals surface area contributed by atoms with Gasteiger partial charge in [-0.05, 0) is 128 Å². The van der Waals surface area contributed by atoms with Gasteiger partial charge >= 0.3 is 17.9 Å². The first-order valence-corrected chi connectivity index (χ1v) is 34.9. The highest BCUT2D eigenvalue weighted by atomic mass is 16.6. The van der Waals surface area contributed by atoms with Gasteiger partial charge in [-0.15, -0.1) is 0 Å². The van der Waals surface area contributed by atoms with Gasteiger partial charge in [0.1, 0.15) is 13.2 Å². The minimum atomic E-state index is -0.791. The zero-order chi connectivity index (χ0) is 59.2. The van der Waals surface area contributed by atoms with Crippen molar-refractivity contribution in [2.24, 2.45) is 0 Å².